The Hall–Kier alpha value is -2.23. The van der Waals surface area contributed by atoms with Crippen LogP contribution >= 0.6 is 11.6 Å². The molecule has 0 aliphatic heterocycles. The van der Waals surface area contributed by atoms with E-state index in [1.165, 1.54) is 18.2 Å². The predicted molar refractivity (Wildman–Crippen MR) is 82.6 cm³/mol. The summed E-state index contributed by atoms with van der Waals surface area (Å²) in [5.74, 6) is 0. The lowest BCUT2D eigenvalue weighted by molar-refractivity contribution is 0.601. The number of anilines is 2. The van der Waals surface area contributed by atoms with Crippen molar-refractivity contribution in [3.63, 3.8) is 0 Å². The van der Waals surface area contributed by atoms with Gasteiger partial charge in [-0.15, -0.1) is 0 Å². The van der Waals surface area contributed by atoms with Crippen LogP contribution in [0.5, 0.6) is 0 Å². The molecule has 2 rings (SSSR count). The van der Waals surface area contributed by atoms with Gasteiger partial charge in [-0.3, -0.25) is 4.72 Å². The SMILES string of the molecule is Cc1c(Cl)cccc1NS(=O)(=O)c1ccc(C#N)cc1N. The first-order valence-corrected chi connectivity index (χ1v) is 7.79. The van der Waals surface area contributed by atoms with Crippen molar-refractivity contribution in [3.05, 3.63) is 52.5 Å². The van der Waals surface area contributed by atoms with Crippen molar-refractivity contribution in [2.75, 3.05) is 10.5 Å². The van der Waals surface area contributed by atoms with Gasteiger partial charge in [0.1, 0.15) is 4.90 Å². The highest BCUT2D eigenvalue weighted by Crippen LogP contribution is 2.27. The Morgan fingerprint density at radius 3 is 2.62 bits per heavy atom. The predicted octanol–water partition coefficient (Wildman–Crippen LogP) is 2.90. The maximum absolute atomic E-state index is 12.4. The van der Waals surface area contributed by atoms with E-state index in [4.69, 9.17) is 22.6 Å². The van der Waals surface area contributed by atoms with Gasteiger partial charge in [-0.2, -0.15) is 5.26 Å². The smallest absolute Gasteiger partial charge is 0.263 e. The van der Waals surface area contributed by atoms with Crippen LogP contribution in [-0.4, -0.2) is 8.42 Å². The van der Waals surface area contributed by atoms with Crippen LogP contribution in [0.25, 0.3) is 0 Å². The second-order valence-electron chi connectivity index (χ2n) is 4.38. The molecule has 0 radical (unpaired) electrons. The van der Waals surface area contributed by atoms with Gasteiger partial charge in [-0.1, -0.05) is 17.7 Å². The van der Waals surface area contributed by atoms with E-state index in [2.05, 4.69) is 4.72 Å². The van der Waals surface area contributed by atoms with Crippen LogP contribution in [0.2, 0.25) is 5.02 Å². The van der Waals surface area contributed by atoms with E-state index in [1.54, 1.807) is 25.1 Å². The normalized spacial score (nSPS) is 10.9. The molecule has 21 heavy (non-hydrogen) atoms. The number of nitriles is 1. The zero-order chi connectivity index (χ0) is 15.6. The van der Waals surface area contributed by atoms with E-state index in [9.17, 15) is 8.42 Å². The fourth-order valence-electron chi connectivity index (χ4n) is 1.78. The Morgan fingerprint density at radius 2 is 2.00 bits per heavy atom. The second kappa shape index (κ2) is 5.64. The van der Waals surface area contributed by atoms with Gasteiger partial charge >= 0.3 is 0 Å². The number of hydrogen-bond acceptors (Lipinski definition) is 4. The summed E-state index contributed by atoms with van der Waals surface area (Å²) in [5, 5.41) is 9.23. The molecule has 0 fully saturated rings. The van der Waals surface area contributed by atoms with Gasteiger partial charge in [0.05, 0.1) is 23.0 Å². The molecule has 5 nitrogen and oxygen atoms in total. The van der Waals surface area contributed by atoms with Gasteiger partial charge in [0.25, 0.3) is 10.0 Å². The topological polar surface area (TPSA) is 96.0 Å². The van der Waals surface area contributed by atoms with Crippen molar-refractivity contribution in [1.82, 2.24) is 0 Å². The van der Waals surface area contributed by atoms with E-state index in [1.807, 2.05) is 6.07 Å². The molecule has 0 unspecified atom stereocenters. The van der Waals surface area contributed by atoms with Gasteiger partial charge in [0.15, 0.2) is 0 Å². The van der Waals surface area contributed by atoms with Crippen molar-refractivity contribution in [2.24, 2.45) is 0 Å². The molecule has 2 aromatic carbocycles. The van der Waals surface area contributed by atoms with Crippen LogP contribution in [0.4, 0.5) is 11.4 Å². The van der Waals surface area contributed by atoms with Gasteiger partial charge in [-0.25, -0.2) is 8.42 Å². The van der Waals surface area contributed by atoms with Gasteiger partial charge < -0.3 is 5.73 Å². The zero-order valence-electron chi connectivity index (χ0n) is 11.1. The summed E-state index contributed by atoms with van der Waals surface area (Å²) < 4.78 is 27.2. The Labute approximate surface area is 128 Å². The van der Waals surface area contributed by atoms with E-state index >= 15 is 0 Å². The highest BCUT2D eigenvalue weighted by atomic mass is 35.5. The van der Waals surface area contributed by atoms with Crippen LogP contribution in [0.1, 0.15) is 11.1 Å². The molecule has 0 aromatic heterocycles. The summed E-state index contributed by atoms with van der Waals surface area (Å²) in [7, 11) is -3.85. The summed E-state index contributed by atoms with van der Waals surface area (Å²) in [6.07, 6.45) is 0. The Bertz CT molecular complexity index is 842. The number of benzene rings is 2. The first-order chi connectivity index (χ1) is 9.85. The molecular formula is C14H12ClN3O2S. The highest BCUT2D eigenvalue weighted by Gasteiger charge is 2.19. The lowest BCUT2D eigenvalue weighted by Crippen LogP contribution is -2.15. The maximum Gasteiger partial charge on any atom is 0.263 e. The molecule has 0 saturated carbocycles. The van der Waals surface area contributed by atoms with Crippen molar-refractivity contribution < 1.29 is 8.42 Å². The first kappa shape index (κ1) is 15.2. The first-order valence-electron chi connectivity index (χ1n) is 5.92. The number of halogens is 1. The lowest BCUT2D eigenvalue weighted by Gasteiger charge is -2.13. The molecule has 0 heterocycles. The van der Waals surface area contributed by atoms with Crippen LogP contribution < -0.4 is 10.5 Å². The van der Waals surface area contributed by atoms with Crippen molar-refractivity contribution in [3.8, 4) is 6.07 Å². The Balaban J connectivity index is 2.44. The number of nitrogens with zero attached hydrogens (tertiary/aromatic N) is 1. The summed E-state index contributed by atoms with van der Waals surface area (Å²) in [4.78, 5) is -0.0825. The van der Waals surface area contributed by atoms with E-state index in [-0.39, 0.29) is 10.6 Å². The fourth-order valence-corrected chi connectivity index (χ4v) is 3.19. The molecule has 3 N–H and O–H groups in total. The summed E-state index contributed by atoms with van der Waals surface area (Å²) in [6, 6.07) is 10.8. The molecular weight excluding hydrogens is 310 g/mol. The third kappa shape index (κ3) is 3.10. The minimum atomic E-state index is -3.85. The quantitative estimate of drug-likeness (QED) is 0.849. The molecule has 0 saturated heterocycles. The Kier molecular flexibility index (Phi) is 4.07. The van der Waals surface area contributed by atoms with Gasteiger partial charge in [-0.05, 0) is 42.8 Å². The number of hydrogen-bond donors (Lipinski definition) is 2. The summed E-state index contributed by atoms with van der Waals surface area (Å²) >= 11 is 5.96. The van der Waals surface area contributed by atoms with E-state index < -0.39 is 10.0 Å². The number of nitrogens with one attached hydrogen (secondary N) is 1. The molecule has 7 heteroatoms. The highest BCUT2D eigenvalue weighted by molar-refractivity contribution is 7.92. The van der Waals surface area contributed by atoms with Gasteiger partial charge in [0.2, 0.25) is 0 Å². The van der Waals surface area contributed by atoms with Crippen molar-refractivity contribution in [2.45, 2.75) is 11.8 Å². The number of sulfonamides is 1. The minimum absolute atomic E-state index is 0.0150. The van der Waals surface area contributed by atoms with Crippen LogP contribution in [0.3, 0.4) is 0 Å². The van der Waals surface area contributed by atoms with Gasteiger partial charge in [0, 0.05) is 5.02 Å². The van der Waals surface area contributed by atoms with Crippen LogP contribution in [-0.2, 0) is 10.0 Å². The van der Waals surface area contributed by atoms with Crippen molar-refractivity contribution in [1.29, 1.82) is 5.26 Å². The molecule has 0 aliphatic carbocycles. The van der Waals surface area contributed by atoms with E-state index in [0.717, 1.165) is 0 Å². The summed E-state index contributed by atoms with van der Waals surface area (Å²) in [6.45, 7) is 1.71. The minimum Gasteiger partial charge on any atom is -0.398 e. The molecule has 0 atom stereocenters. The third-order valence-electron chi connectivity index (χ3n) is 2.94. The lowest BCUT2D eigenvalue weighted by atomic mass is 10.2. The monoisotopic (exact) mass is 321 g/mol. The average molecular weight is 322 g/mol. The zero-order valence-corrected chi connectivity index (χ0v) is 12.7. The molecule has 0 amide bonds. The Morgan fingerprint density at radius 1 is 1.29 bits per heavy atom. The number of rotatable bonds is 3. The van der Waals surface area contributed by atoms with Crippen LogP contribution in [0.15, 0.2) is 41.3 Å². The van der Waals surface area contributed by atoms with E-state index in [0.29, 0.717) is 21.8 Å². The molecule has 0 bridgehead atoms. The molecule has 0 aliphatic rings. The largest absolute Gasteiger partial charge is 0.398 e. The summed E-state index contributed by atoms with van der Waals surface area (Å²) in [5.41, 5.74) is 7.02. The third-order valence-corrected chi connectivity index (χ3v) is 4.79. The molecule has 108 valence electrons. The number of nitrogens with two attached hydrogens (primary N) is 1. The number of nitrogen functional groups attached to an aromatic ring is 1. The fraction of sp³-hybridized carbons (Fsp3) is 0.0714. The average Bonchev–Trinajstić information content (AvgIpc) is 2.43. The van der Waals surface area contributed by atoms with Crippen molar-refractivity contribution >= 4 is 33.0 Å². The maximum atomic E-state index is 12.4. The second-order valence-corrected chi connectivity index (χ2v) is 6.44. The molecule has 2 aromatic rings. The van der Waals surface area contributed by atoms with Crippen LogP contribution in [0, 0.1) is 18.3 Å². The standard InChI is InChI=1S/C14H12ClN3O2S/c1-9-11(15)3-2-4-13(9)18-21(19,20)14-6-5-10(8-16)7-12(14)17/h2-7,18H,17H2,1H3. The molecule has 0 spiro atoms.